The Kier molecular flexibility index (Phi) is 7.72. The Labute approximate surface area is 164 Å². The predicted octanol–water partition coefficient (Wildman–Crippen LogP) is 3.87. The molecule has 0 atom stereocenters. The maximum absolute atomic E-state index is 12.1. The molecule has 2 N–H and O–H groups in total. The SMILES string of the molecule is CCN(CC)c1ccc(NC(=O)CCC(=O)Nc2nnc(C(C)C)s2)cc1. The minimum atomic E-state index is -0.242. The maximum atomic E-state index is 12.1. The van der Waals surface area contributed by atoms with E-state index in [4.69, 9.17) is 0 Å². The van der Waals surface area contributed by atoms with Crippen LogP contribution in [-0.2, 0) is 9.59 Å². The van der Waals surface area contributed by atoms with Crippen molar-refractivity contribution in [3.8, 4) is 0 Å². The number of nitrogens with zero attached hydrogens (tertiary/aromatic N) is 3. The fourth-order valence-electron chi connectivity index (χ4n) is 2.50. The number of hydrogen-bond acceptors (Lipinski definition) is 6. The summed E-state index contributed by atoms with van der Waals surface area (Å²) in [5.41, 5.74) is 1.84. The Hall–Kier alpha value is -2.48. The second kappa shape index (κ2) is 10.0. The van der Waals surface area contributed by atoms with E-state index in [0.29, 0.717) is 5.13 Å². The zero-order valence-electron chi connectivity index (χ0n) is 16.3. The molecular weight excluding hydrogens is 362 g/mol. The molecule has 0 aliphatic rings. The normalized spacial score (nSPS) is 10.7. The highest BCUT2D eigenvalue weighted by Gasteiger charge is 2.12. The molecule has 2 aromatic rings. The first kappa shape index (κ1) is 20.8. The number of nitrogens with one attached hydrogen (secondary N) is 2. The minimum Gasteiger partial charge on any atom is -0.372 e. The third-order valence-corrected chi connectivity index (χ3v) is 5.18. The van der Waals surface area contributed by atoms with Crippen LogP contribution in [-0.4, -0.2) is 35.1 Å². The number of rotatable bonds is 9. The summed E-state index contributed by atoms with van der Waals surface area (Å²) in [6, 6.07) is 7.72. The predicted molar refractivity (Wildman–Crippen MR) is 110 cm³/mol. The molecule has 27 heavy (non-hydrogen) atoms. The third-order valence-electron chi connectivity index (χ3n) is 4.04. The van der Waals surface area contributed by atoms with E-state index in [1.807, 2.05) is 38.1 Å². The van der Waals surface area contributed by atoms with Crippen LogP contribution in [0.4, 0.5) is 16.5 Å². The lowest BCUT2D eigenvalue weighted by atomic mass is 10.2. The van der Waals surface area contributed by atoms with E-state index in [1.54, 1.807) is 0 Å². The molecule has 0 unspecified atom stereocenters. The summed E-state index contributed by atoms with van der Waals surface area (Å²) in [5, 5.41) is 14.8. The van der Waals surface area contributed by atoms with Gasteiger partial charge in [-0.25, -0.2) is 0 Å². The van der Waals surface area contributed by atoms with Gasteiger partial charge in [-0.05, 0) is 38.1 Å². The van der Waals surface area contributed by atoms with Crippen LogP contribution in [0.2, 0.25) is 0 Å². The van der Waals surface area contributed by atoms with Gasteiger partial charge in [-0.15, -0.1) is 10.2 Å². The molecule has 1 aromatic carbocycles. The molecule has 7 nitrogen and oxygen atoms in total. The molecule has 2 amide bonds. The van der Waals surface area contributed by atoms with Crippen molar-refractivity contribution >= 4 is 39.7 Å². The molecule has 0 bridgehead atoms. The molecule has 8 heteroatoms. The van der Waals surface area contributed by atoms with Crippen molar-refractivity contribution in [1.29, 1.82) is 0 Å². The molecule has 0 spiro atoms. The Balaban J connectivity index is 1.78. The van der Waals surface area contributed by atoms with E-state index in [2.05, 4.69) is 39.6 Å². The van der Waals surface area contributed by atoms with E-state index in [9.17, 15) is 9.59 Å². The lowest BCUT2D eigenvalue weighted by Gasteiger charge is -2.21. The molecule has 1 aromatic heterocycles. The lowest BCUT2D eigenvalue weighted by Crippen LogP contribution is -2.21. The molecular formula is C19H27N5O2S. The quantitative estimate of drug-likeness (QED) is 0.680. The first-order chi connectivity index (χ1) is 12.9. The lowest BCUT2D eigenvalue weighted by molar-refractivity contribution is -0.121. The van der Waals surface area contributed by atoms with Crippen LogP contribution in [0.15, 0.2) is 24.3 Å². The Morgan fingerprint density at radius 2 is 1.59 bits per heavy atom. The van der Waals surface area contributed by atoms with E-state index >= 15 is 0 Å². The summed E-state index contributed by atoms with van der Waals surface area (Å²) in [4.78, 5) is 26.3. The molecule has 0 fully saturated rings. The second-order valence-corrected chi connectivity index (χ2v) is 7.42. The average Bonchev–Trinajstić information content (AvgIpc) is 3.11. The minimum absolute atomic E-state index is 0.0972. The van der Waals surface area contributed by atoms with Crippen molar-refractivity contribution in [2.75, 3.05) is 28.6 Å². The van der Waals surface area contributed by atoms with Crippen LogP contribution < -0.4 is 15.5 Å². The van der Waals surface area contributed by atoms with E-state index in [0.717, 1.165) is 29.5 Å². The molecule has 1 heterocycles. The number of carbonyl (C=O) groups is 2. The summed E-state index contributed by atoms with van der Waals surface area (Å²) < 4.78 is 0. The van der Waals surface area contributed by atoms with Gasteiger partial charge in [-0.2, -0.15) is 0 Å². The van der Waals surface area contributed by atoms with Crippen LogP contribution in [0.5, 0.6) is 0 Å². The number of aromatic nitrogens is 2. The van der Waals surface area contributed by atoms with Gasteiger partial charge in [0.2, 0.25) is 16.9 Å². The maximum Gasteiger partial charge on any atom is 0.226 e. The van der Waals surface area contributed by atoms with Crippen LogP contribution in [0, 0.1) is 0 Å². The fraction of sp³-hybridized carbons (Fsp3) is 0.474. The number of anilines is 3. The first-order valence-corrected chi connectivity index (χ1v) is 10.0. The average molecular weight is 390 g/mol. The standard InChI is InChI=1S/C19H27N5O2S/c1-5-24(6-2)15-9-7-14(8-10-15)20-16(25)11-12-17(26)21-19-23-22-18(27-19)13(3)4/h7-10,13H,5-6,11-12H2,1-4H3,(H,20,25)(H,21,23,26). The number of hydrogen-bond donors (Lipinski definition) is 2. The van der Waals surface area contributed by atoms with Crippen molar-refractivity contribution in [1.82, 2.24) is 10.2 Å². The highest BCUT2D eigenvalue weighted by atomic mass is 32.1. The first-order valence-electron chi connectivity index (χ1n) is 9.21. The van der Waals surface area contributed by atoms with E-state index < -0.39 is 0 Å². The Morgan fingerprint density at radius 1 is 1.00 bits per heavy atom. The molecule has 0 aliphatic heterocycles. The van der Waals surface area contributed by atoms with Crippen molar-refractivity contribution in [2.45, 2.75) is 46.5 Å². The Bertz CT molecular complexity index is 754. The summed E-state index contributed by atoms with van der Waals surface area (Å²) in [5.74, 6) is -0.165. The van der Waals surface area contributed by atoms with Crippen molar-refractivity contribution in [2.24, 2.45) is 0 Å². The smallest absolute Gasteiger partial charge is 0.226 e. The second-order valence-electron chi connectivity index (χ2n) is 6.42. The van der Waals surface area contributed by atoms with Gasteiger partial charge in [-0.3, -0.25) is 9.59 Å². The summed E-state index contributed by atoms with van der Waals surface area (Å²) in [6.45, 7) is 10.1. The topological polar surface area (TPSA) is 87.2 Å². The van der Waals surface area contributed by atoms with Crippen molar-refractivity contribution in [3.63, 3.8) is 0 Å². The van der Waals surface area contributed by atoms with E-state index in [1.165, 1.54) is 11.3 Å². The van der Waals surface area contributed by atoms with Gasteiger partial charge in [0.15, 0.2) is 0 Å². The molecule has 2 rings (SSSR count). The fourth-order valence-corrected chi connectivity index (χ4v) is 3.26. The van der Waals surface area contributed by atoms with Crippen LogP contribution >= 0.6 is 11.3 Å². The van der Waals surface area contributed by atoms with Gasteiger partial charge < -0.3 is 15.5 Å². The molecule has 0 saturated carbocycles. The zero-order chi connectivity index (χ0) is 19.8. The highest BCUT2D eigenvalue weighted by Crippen LogP contribution is 2.22. The summed E-state index contributed by atoms with van der Waals surface area (Å²) in [7, 11) is 0. The van der Waals surface area contributed by atoms with Crippen LogP contribution in [0.1, 0.15) is 51.5 Å². The molecule has 0 saturated heterocycles. The van der Waals surface area contributed by atoms with E-state index in [-0.39, 0.29) is 30.6 Å². The van der Waals surface area contributed by atoms with Gasteiger partial charge >= 0.3 is 0 Å². The van der Waals surface area contributed by atoms with Gasteiger partial charge in [0.05, 0.1) is 0 Å². The zero-order valence-corrected chi connectivity index (χ0v) is 17.1. The largest absolute Gasteiger partial charge is 0.372 e. The number of benzene rings is 1. The summed E-state index contributed by atoms with van der Waals surface area (Å²) >= 11 is 1.35. The monoisotopic (exact) mass is 389 g/mol. The summed E-state index contributed by atoms with van der Waals surface area (Å²) in [6.07, 6.45) is 0.208. The van der Waals surface area contributed by atoms with Gasteiger partial charge in [0.1, 0.15) is 5.01 Å². The Morgan fingerprint density at radius 3 is 2.11 bits per heavy atom. The molecule has 0 radical (unpaired) electrons. The van der Waals surface area contributed by atoms with Crippen molar-refractivity contribution < 1.29 is 9.59 Å². The molecule has 0 aliphatic carbocycles. The highest BCUT2D eigenvalue weighted by molar-refractivity contribution is 7.15. The van der Waals surface area contributed by atoms with Crippen LogP contribution in [0.25, 0.3) is 0 Å². The van der Waals surface area contributed by atoms with Crippen LogP contribution in [0.3, 0.4) is 0 Å². The number of carbonyl (C=O) groups excluding carboxylic acids is 2. The van der Waals surface area contributed by atoms with Gasteiger partial charge in [0, 0.05) is 43.2 Å². The number of amides is 2. The van der Waals surface area contributed by atoms with Gasteiger partial charge in [-0.1, -0.05) is 25.2 Å². The third kappa shape index (κ3) is 6.32. The van der Waals surface area contributed by atoms with Gasteiger partial charge in [0.25, 0.3) is 0 Å². The molecule has 146 valence electrons. The van der Waals surface area contributed by atoms with Crippen molar-refractivity contribution in [3.05, 3.63) is 29.3 Å².